The van der Waals surface area contributed by atoms with Crippen molar-refractivity contribution in [3.05, 3.63) is 29.3 Å². The maximum Gasteiger partial charge on any atom is 0.139 e. The van der Waals surface area contributed by atoms with Crippen molar-refractivity contribution in [2.75, 3.05) is 23.9 Å². The fourth-order valence-electron chi connectivity index (χ4n) is 2.07. The first kappa shape index (κ1) is 10.5. The number of fused-ring (bicyclic) bond motifs is 1. The Kier molecular flexibility index (Phi) is 3.27. The Labute approximate surface area is 94.8 Å². The first-order valence-electron chi connectivity index (χ1n) is 5.21. The molecule has 2 nitrogen and oxygen atoms in total. The van der Waals surface area contributed by atoms with Gasteiger partial charge in [0.05, 0.1) is 6.54 Å². The Morgan fingerprint density at radius 1 is 1.47 bits per heavy atom. The summed E-state index contributed by atoms with van der Waals surface area (Å²) in [6, 6.07) is 6.42. The smallest absolute Gasteiger partial charge is 0.139 e. The average Bonchev–Trinajstić information content (AvgIpc) is 2.62. The minimum Gasteiger partial charge on any atom is -0.364 e. The average molecular weight is 224 g/mol. The third kappa shape index (κ3) is 2.15. The SMILES string of the molecule is O=CCN1CCc2cc(CCCl)ccc21. The number of carbonyl (C=O) groups is 1. The van der Waals surface area contributed by atoms with Crippen LogP contribution in [0.5, 0.6) is 0 Å². The molecule has 0 amide bonds. The lowest BCUT2D eigenvalue weighted by Crippen LogP contribution is -2.22. The molecule has 0 unspecified atom stereocenters. The van der Waals surface area contributed by atoms with Gasteiger partial charge in [-0.05, 0) is 30.0 Å². The number of rotatable bonds is 4. The predicted molar refractivity (Wildman–Crippen MR) is 62.8 cm³/mol. The van der Waals surface area contributed by atoms with E-state index >= 15 is 0 Å². The van der Waals surface area contributed by atoms with Crippen LogP contribution in [0, 0.1) is 0 Å². The summed E-state index contributed by atoms with van der Waals surface area (Å²) < 4.78 is 0. The van der Waals surface area contributed by atoms with Crippen LogP contribution in [-0.2, 0) is 17.6 Å². The molecule has 2 rings (SSSR count). The zero-order valence-corrected chi connectivity index (χ0v) is 9.33. The van der Waals surface area contributed by atoms with E-state index in [1.54, 1.807) is 0 Å². The van der Waals surface area contributed by atoms with Crippen molar-refractivity contribution in [2.45, 2.75) is 12.8 Å². The number of benzene rings is 1. The van der Waals surface area contributed by atoms with Gasteiger partial charge >= 0.3 is 0 Å². The molecule has 1 aromatic rings. The number of halogens is 1. The van der Waals surface area contributed by atoms with Crippen LogP contribution < -0.4 is 4.90 Å². The van der Waals surface area contributed by atoms with E-state index < -0.39 is 0 Å². The van der Waals surface area contributed by atoms with E-state index in [4.69, 9.17) is 11.6 Å². The largest absolute Gasteiger partial charge is 0.364 e. The van der Waals surface area contributed by atoms with Crippen LogP contribution in [0.1, 0.15) is 11.1 Å². The quantitative estimate of drug-likeness (QED) is 0.575. The van der Waals surface area contributed by atoms with Gasteiger partial charge in [0.25, 0.3) is 0 Å². The summed E-state index contributed by atoms with van der Waals surface area (Å²) >= 11 is 5.71. The lowest BCUT2D eigenvalue weighted by atomic mass is 10.1. The minimum atomic E-state index is 0.502. The molecule has 0 aliphatic carbocycles. The molecule has 0 bridgehead atoms. The molecule has 15 heavy (non-hydrogen) atoms. The monoisotopic (exact) mass is 223 g/mol. The first-order chi connectivity index (χ1) is 7.35. The first-order valence-corrected chi connectivity index (χ1v) is 5.75. The van der Waals surface area contributed by atoms with Crippen molar-refractivity contribution in [2.24, 2.45) is 0 Å². The topological polar surface area (TPSA) is 20.3 Å². The molecule has 0 aromatic heterocycles. The highest BCUT2D eigenvalue weighted by atomic mass is 35.5. The van der Waals surface area contributed by atoms with Gasteiger partial charge in [-0.15, -0.1) is 11.6 Å². The fraction of sp³-hybridized carbons (Fsp3) is 0.417. The van der Waals surface area contributed by atoms with Gasteiger partial charge in [-0.1, -0.05) is 12.1 Å². The van der Waals surface area contributed by atoms with Gasteiger partial charge < -0.3 is 9.69 Å². The second-order valence-corrected chi connectivity index (χ2v) is 4.14. The summed E-state index contributed by atoms with van der Waals surface area (Å²) in [7, 11) is 0. The third-order valence-electron chi connectivity index (χ3n) is 2.81. The fourth-order valence-corrected chi connectivity index (χ4v) is 2.29. The van der Waals surface area contributed by atoms with Crippen LogP contribution in [0.4, 0.5) is 5.69 Å². The van der Waals surface area contributed by atoms with Gasteiger partial charge in [-0.2, -0.15) is 0 Å². The molecule has 0 radical (unpaired) electrons. The second kappa shape index (κ2) is 4.67. The molecule has 80 valence electrons. The van der Waals surface area contributed by atoms with Gasteiger partial charge in [0.1, 0.15) is 6.29 Å². The van der Waals surface area contributed by atoms with Gasteiger partial charge in [0.2, 0.25) is 0 Å². The highest BCUT2D eigenvalue weighted by molar-refractivity contribution is 6.17. The van der Waals surface area contributed by atoms with Crippen molar-refractivity contribution in [1.29, 1.82) is 0 Å². The molecular weight excluding hydrogens is 210 g/mol. The minimum absolute atomic E-state index is 0.502. The summed E-state index contributed by atoms with van der Waals surface area (Å²) in [5.74, 6) is 0.664. The van der Waals surface area contributed by atoms with Crippen LogP contribution in [0.25, 0.3) is 0 Å². The van der Waals surface area contributed by atoms with Gasteiger partial charge in [0, 0.05) is 18.1 Å². The molecular formula is C12H14ClNO. The normalized spacial score (nSPS) is 14.1. The molecule has 1 heterocycles. The number of alkyl halides is 1. The number of nitrogens with zero attached hydrogens (tertiary/aromatic N) is 1. The Morgan fingerprint density at radius 2 is 2.33 bits per heavy atom. The molecule has 0 saturated carbocycles. The zero-order valence-electron chi connectivity index (χ0n) is 8.58. The second-order valence-electron chi connectivity index (χ2n) is 3.76. The number of carbonyl (C=O) groups excluding carboxylic acids is 1. The highest BCUT2D eigenvalue weighted by Gasteiger charge is 2.18. The van der Waals surface area contributed by atoms with E-state index in [0.29, 0.717) is 12.4 Å². The molecule has 1 aliphatic rings. The molecule has 0 atom stereocenters. The van der Waals surface area contributed by atoms with Crippen LogP contribution in [-0.4, -0.2) is 25.3 Å². The van der Waals surface area contributed by atoms with Crippen molar-refractivity contribution in [3.63, 3.8) is 0 Å². The summed E-state index contributed by atoms with van der Waals surface area (Å²) in [6.07, 6.45) is 2.92. The number of anilines is 1. The van der Waals surface area contributed by atoms with E-state index in [1.807, 2.05) is 0 Å². The highest BCUT2D eigenvalue weighted by Crippen LogP contribution is 2.28. The van der Waals surface area contributed by atoms with Crippen LogP contribution >= 0.6 is 11.6 Å². The molecule has 0 saturated heterocycles. The number of aryl methyl sites for hydroxylation is 1. The van der Waals surface area contributed by atoms with Gasteiger partial charge in [0.15, 0.2) is 0 Å². The summed E-state index contributed by atoms with van der Waals surface area (Å²) in [5, 5.41) is 0. The zero-order chi connectivity index (χ0) is 10.7. The van der Waals surface area contributed by atoms with E-state index in [0.717, 1.165) is 25.7 Å². The standard InChI is InChI=1S/C12H14ClNO/c13-5-3-10-1-2-12-11(9-10)4-6-14(12)7-8-15/h1-2,8-9H,3-7H2. The van der Waals surface area contributed by atoms with Crippen LogP contribution in [0.2, 0.25) is 0 Å². The van der Waals surface area contributed by atoms with Crippen molar-refractivity contribution < 1.29 is 4.79 Å². The van der Waals surface area contributed by atoms with E-state index in [1.165, 1.54) is 16.8 Å². The lowest BCUT2D eigenvalue weighted by Gasteiger charge is -2.15. The number of hydrogen-bond donors (Lipinski definition) is 0. The van der Waals surface area contributed by atoms with E-state index in [-0.39, 0.29) is 0 Å². The molecule has 1 aromatic carbocycles. The Balaban J connectivity index is 2.21. The van der Waals surface area contributed by atoms with Crippen LogP contribution in [0.3, 0.4) is 0 Å². The Bertz CT molecular complexity index is 365. The van der Waals surface area contributed by atoms with E-state index in [9.17, 15) is 4.79 Å². The molecule has 0 spiro atoms. The number of aldehydes is 1. The summed E-state index contributed by atoms with van der Waals surface area (Å²) in [4.78, 5) is 12.6. The van der Waals surface area contributed by atoms with Crippen LogP contribution in [0.15, 0.2) is 18.2 Å². The van der Waals surface area contributed by atoms with Gasteiger partial charge in [-0.25, -0.2) is 0 Å². The Morgan fingerprint density at radius 3 is 3.07 bits per heavy atom. The third-order valence-corrected chi connectivity index (χ3v) is 3.00. The maximum atomic E-state index is 10.5. The summed E-state index contributed by atoms with van der Waals surface area (Å²) in [6.45, 7) is 1.46. The lowest BCUT2D eigenvalue weighted by molar-refractivity contribution is -0.106. The van der Waals surface area contributed by atoms with Gasteiger partial charge in [-0.3, -0.25) is 0 Å². The van der Waals surface area contributed by atoms with Crippen molar-refractivity contribution in [1.82, 2.24) is 0 Å². The summed E-state index contributed by atoms with van der Waals surface area (Å²) in [5.41, 5.74) is 3.84. The number of hydrogen-bond acceptors (Lipinski definition) is 2. The molecule has 0 fully saturated rings. The predicted octanol–water partition coefficient (Wildman–Crippen LogP) is 2.03. The molecule has 0 N–H and O–H groups in total. The molecule has 3 heteroatoms. The van der Waals surface area contributed by atoms with Crippen molar-refractivity contribution in [3.8, 4) is 0 Å². The maximum absolute atomic E-state index is 10.5. The molecule has 1 aliphatic heterocycles. The Hall–Kier alpha value is -1.02. The van der Waals surface area contributed by atoms with Crippen molar-refractivity contribution >= 4 is 23.6 Å². The van der Waals surface area contributed by atoms with E-state index in [2.05, 4.69) is 23.1 Å².